The Balaban J connectivity index is 1.93. The molecule has 2 heterocycles. The Labute approximate surface area is 95.9 Å². The molecule has 1 saturated heterocycles. The number of ether oxygens (including phenoxy) is 1. The van der Waals surface area contributed by atoms with Gasteiger partial charge in [-0.2, -0.15) is 11.3 Å². The van der Waals surface area contributed by atoms with Gasteiger partial charge >= 0.3 is 0 Å². The van der Waals surface area contributed by atoms with Crippen LogP contribution in [0.25, 0.3) is 0 Å². The first-order valence-corrected chi connectivity index (χ1v) is 6.45. The van der Waals surface area contributed by atoms with E-state index in [9.17, 15) is 0 Å². The van der Waals surface area contributed by atoms with Crippen molar-refractivity contribution in [3.05, 3.63) is 22.4 Å². The minimum atomic E-state index is 0.0638. The summed E-state index contributed by atoms with van der Waals surface area (Å²) in [4.78, 5) is 2.50. The van der Waals surface area contributed by atoms with E-state index in [4.69, 9.17) is 4.74 Å². The van der Waals surface area contributed by atoms with Gasteiger partial charge in [-0.1, -0.05) is 0 Å². The van der Waals surface area contributed by atoms with E-state index in [1.165, 1.54) is 24.9 Å². The maximum atomic E-state index is 5.59. The SMILES string of the molecule is CO[C@@]1(C)CCCN(Cc2ccsc2)C1. The molecule has 1 fully saturated rings. The summed E-state index contributed by atoms with van der Waals surface area (Å²) < 4.78 is 5.59. The number of likely N-dealkylation sites (tertiary alicyclic amines) is 1. The zero-order valence-electron chi connectivity index (χ0n) is 9.53. The van der Waals surface area contributed by atoms with Crippen molar-refractivity contribution in [3.8, 4) is 0 Å². The normalized spacial score (nSPS) is 28.1. The van der Waals surface area contributed by atoms with Gasteiger partial charge in [0.25, 0.3) is 0 Å². The summed E-state index contributed by atoms with van der Waals surface area (Å²) in [6.45, 7) is 5.55. The summed E-state index contributed by atoms with van der Waals surface area (Å²) >= 11 is 1.78. The van der Waals surface area contributed by atoms with E-state index < -0.39 is 0 Å². The fraction of sp³-hybridized carbons (Fsp3) is 0.667. The molecule has 1 aromatic heterocycles. The van der Waals surface area contributed by atoms with E-state index in [1.54, 1.807) is 11.3 Å². The van der Waals surface area contributed by atoms with Crippen LogP contribution < -0.4 is 0 Å². The third kappa shape index (κ3) is 2.80. The lowest BCUT2D eigenvalue weighted by atomic mass is 9.94. The molecule has 0 N–H and O–H groups in total. The van der Waals surface area contributed by atoms with Crippen LogP contribution in [-0.4, -0.2) is 30.7 Å². The number of rotatable bonds is 3. The molecule has 84 valence electrons. The van der Waals surface area contributed by atoms with Crippen LogP contribution in [0, 0.1) is 0 Å². The topological polar surface area (TPSA) is 12.5 Å². The summed E-state index contributed by atoms with van der Waals surface area (Å²) in [6.07, 6.45) is 2.43. The maximum absolute atomic E-state index is 5.59. The van der Waals surface area contributed by atoms with Crippen molar-refractivity contribution in [2.45, 2.75) is 31.9 Å². The number of hydrogen-bond acceptors (Lipinski definition) is 3. The van der Waals surface area contributed by atoms with Gasteiger partial charge in [0.05, 0.1) is 5.60 Å². The molecule has 1 aliphatic heterocycles. The fourth-order valence-electron chi connectivity index (χ4n) is 2.25. The molecule has 1 aliphatic rings. The third-order valence-electron chi connectivity index (χ3n) is 3.22. The van der Waals surface area contributed by atoms with Crippen LogP contribution in [0.3, 0.4) is 0 Å². The summed E-state index contributed by atoms with van der Waals surface area (Å²) in [6, 6.07) is 2.21. The van der Waals surface area contributed by atoms with Crippen molar-refractivity contribution in [2.24, 2.45) is 0 Å². The molecule has 0 aromatic carbocycles. The molecule has 3 heteroatoms. The molecule has 1 aromatic rings. The van der Waals surface area contributed by atoms with Gasteiger partial charge in [0.2, 0.25) is 0 Å². The molecule has 0 bridgehead atoms. The van der Waals surface area contributed by atoms with Gasteiger partial charge in [-0.05, 0) is 48.7 Å². The zero-order valence-corrected chi connectivity index (χ0v) is 10.3. The lowest BCUT2D eigenvalue weighted by molar-refractivity contribution is -0.0526. The van der Waals surface area contributed by atoms with Crippen molar-refractivity contribution in [3.63, 3.8) is 0 Å². The molecular weight excluding hydrogens is 206 g/mol. The summed E-state index contributed by atoms with van der Waals surface area (Å²) in [5, 5.41) is 4.38. The highest BCUT2D eigenvalue weighted by Gasteiger charge is 2.30. The Hall–Kier alpha value is -0.380. The van der Waals surface area contributed by atoms with E-state index in [1.807, 2.05) is 7.11 Å². The molecule has 1 atom stereocenters. The second kappa shape index (κ2) is 4.64. The number of methoxy groups -OCH3 is 1. The van der Waals surface area contributed by atoms with Crippen LogP contribution >= 0.6 is 11.3 Å². The molecule has 0 unspecified atom stereocenters. The smallest absolute Gasteiger partial charge is 0.0777 e. The van der Waals surface area contributed by atoms with E-state index in [2.05, 4.69) is 28.7 Å². The average Bonchev–Trinajstić information content (AvgIpc) is 2.71. The van der Waals surface area contributed by atoms with E-state index >= 15 is 0 Å². The molecular formula is C12H19NOS. The lowest BCUT2D eigenvalue weighted by Crippen LogP contribution is -2.46. The van der Waals surface area contributed by atoms with Crippen LogP contribution in [0.5, 0.6) is 0 Å². The molecule has 0 spiro atoms. The quantitative estimate of drug-likeness (QED) is 0.784. The van der Waals surface area contributed by atoms with Gasteiger partial charge in [-0.25, -0.2) is 0 Å². The van der Waals surface area contributed by atoms with Gasteiger partial charge in [-0.3, -0.25) is 4.90 Å². The predicted octanol–water partition coefficient (Wildman–Crippen LogP) is 2.75. The molecule has 2 nitrogen and oxygen atoms in total. The predicted molar refractivity (Wildman–Crippen MR) is 64.2 cm³/mol. The summed E-state index contributed by atoms with van der Waals surface area (Å²) in [7, 11) is 1.83. The summed E-state index contributed by atoms with van der Waals surface area (Å²) in [5.74, 6) is 0. The zero-order chi connectivity index (χ0) is 10.7. The Morgan fingerprint density at radius 1 is 1.60 bits per heavy atom. The summed E-state index contributed by atoms with van der Waals surface area (Å²) in [5.41, 5.74) is 1.49. The van der Waals surface area contributed by atoms with Gasteiger partial charge in [0.15, 0.2) is 0 Å². The first-order valence-electron chi connectivity index (χ1n) is 5.50. The molecule has 0 amide bonds. The molecule has 0 radical (unpaired) electrons. The Morgan fingerprint density at radius 3 is 3.13 bits per heavy atom. The number of hydrogen-bond donors (Lipinski definition) is 0. The van der Waals surface area contributed by atoms with Crippen LogP contribution in [0.1, 0.15) is 25.3 Å². The monoisotopic (exact) mass is 225 g/mol. The van der Waals surface area contributed by atoms with E-state index in [0.717, 1.165) is 13.1 Å². The van der Waals surface area contributed by atoms with Crippen LogP contribution in [0.4, 0.5) is 0 Å². The first kappa shape index (κ1) is 11.1. The molecule has 0 saturated carbocycles. The molecule has 15 heavy (non-hydrogen) atoms. The first-order chi connectivity index (χ1) is 7.22. The highest BCUT2D eigenvalue weighted by molar-refractivity contribution is 7.07. The van der Waals surface area contributed by atoms with Gasteiger partial charge in [0.1, 0.15) is 0 Å². The van der Waals surface area contributed by atoms with Gasteiger partial charge in [-0.15, -0.1) is 0 Å². The van der Waals surface area contributed by atoms with Crippen LogP contribution in [-0.2, 0) is 11.3 Å². The molecule has 0 aliphatic carbocycles. The second-order valence-electron chi connectivity index (χ2n) is 4.60. The van der Waals surface area contributed by atoms with E-state index in [-0.39, 0.29) is 5.60 Å². The van der Waals surface area contributed by atoms with Crippen molar-refractivity contribution < 1.29 is 4.74 Å². The highest BCUT2D eigenvalue weighted by Crippen LogP contribution is 2.25. The Bertz CT molecular complexity index is 299. The Morgan fingerprint density at radius 2 is 2.47 bits per heavy atom. The Kier molecular flexibility index (Phi) is 3.44. The van der Waals surface area contributed by atoms with Crippen molar-refractivity contribution >= 4 is 11.3 Å². The lowest BCUT2D eigenvalue weighted by Gasteiger charge is -2.39. The maximum Gasteiger partial charge on any atom is 0.0777 e. The number of nitrogens with zero attached hydrogens (tertiary/aromatic N) is 1. The van der Waals surface area contributed by atoms with E-state index in [0.29, 0.717) is 0 Å². The fourth-order valence-corrected chi connectivity index (χ4v) is 2.91. The number of piperidine rings is 1. The largest absolute Gasteiger partial charge is 0.377 e. The van der Waals surface area contributed by atoms with Gasteiger partial charge in [0, 0.05) is 20.2 Å². The standard InChI is InChI=1S/C12H19NOS/c1-12(14-2)5-3-6-13(10-12)8-11-4-7-15-9-11/h4,7,9H,3,5-6,8,10H2,1-2H3/t12-/m0/s1. The van der Waals surface area contributed by atoms with Crippen molar-refractivity contribution in [1.82, 2.24) is 4.90 Å². The highest BCUT2D eigenvalue weighted by atomic mass is 32.1. The third-order valence-corrected chi connectivity index (χ3v) is 3.95. The molecule has 2 rings (SSSR count). The minimum Gasteiger partial charge on any atom is -0.377 e. The number of thiophene rings is 1. The second-order valence-corrected chi connectivity index (χ2v) is 5.38. The minimum absolute atomic E-state index is 0.0638. The van der Waals surface area contributed by atoms with Crippen molar-refractivity contribution in [2.75, 3.05) is 20.2 Å². The van der Waals surface area contributed by atoms with Gasteiger partial charge < -0.3 is 4.74 Å². The van der Waals surface area contributed by atoms with Crippen LogP contribution in [0.15, 0.2) is 16.8 Å². The van der Waals surface area contributed by atoms with Crippen LogP contribution in [0.2, 0.25) is 0 Å². The van der Waals surface area contributed by atoms with Crippen molar-refractivity contribution in [1.29, 1.82) is 0 Å². The average molecular weight is 225 g/mol.